The van der Waals surface area contributed by atoms with Gasteiger partial charge in [0, 0.05) is 7.11 Å². The number of hydrogen-bond donors (Lipinski definition) is 0. The Morgan fingerprint density at radius 2 is 2.00 bits per heavy atom. The highest BCUT2D eigenvalue weighted by Crippen LogP contribution is 2.37. The average Bonchev–Trinajstić information content (AvgIpc) is 2.92. The summed E-state index contributed by atoms with van der Waals surface area (Å²) in [5.41, 5.74) is 0.676. The second kappa shape index (κ2) is 10.7. The van der Waals surface area contributed by atoms with Crippen LogP contribution >= 0.6 is 34.4 Å². The van der Waals surface area contributed by atoms with Gasteiger partial charge >= 0.3 is 5.97 Å². The van der Waals surface area contributed by atoms with Crippen molar-refractivity contribution < 1.29 is 33.3 Å². The Bertz CT molecular complexity index is 796. The maximum atomic E-state index is 12.5. The maximum Gasteiger partial charge on any atom is 0.343 e. The minimum atomic E-state index is -0.507. The van der Waals surface area contributed by atoms with Gasteiger partial charge in [0.25, 0.3) is 11.1 Å². The molecule has 28 heavy (non-hydrogen) atoms. The summed E-state index contributed by atoms with van der Waals surface area (Å²) >= 11 is 2.94. The number of hydrogen-bond acceptors (Lipinski definition) is 8. The number of benzene rings is 1. The van der Waals surface area contributed by atoms with Gasteiger partial charge in [-0.2, -0.15) is 0 Å². The minimum Gasteiger partial charge on any atom is -0.490 e. The van der Waals surface area contributed by atoms with Crippen LogP contribution in [0.5, 0.6) is 11.5 Å². The first-order valence-electron chi connectivity index (χ1n) is 8.31. The third kappa shape index (κ3) is 5.61. The Hall–Kier alpha value is -1.79. The van der Waals surface area contributed by atoms with Crippen molar-refractivity contribution in [1.82, 2.24) is 4.90 Å². The molecule has 2 rings (SSSR count). The Morgan fingerprint density at radius 3 is 2.64 bits per heavy atom. The SMILES string of the molecule is CCOc1cc(/C=C2/SC(=O)N(CCOC)C2=O)cc(I)c1OCC(=O)OC. The van der Waals surface area contributed by atoms with E-state index in [4.69, 9.17) is 14.2 Å². The van der Waals surface area contributed by atoms with Gasteiger partial charge in [0.05, 0.1) is 35.3 Å². The molecule has 0 radical (unpaired) electrons. The van der Waals surface area contributed by atoms with Crippen molar-refractivity contribution in [2.45, 2.75) is 6.92 Å². The summed E-state index contributed by atoms with van der Waals surface area (Å²) in [6, 6.07) is 3.47. The van der Waals surface area contributed by atoms with Gasteiger partial charge in [0.1, 0.15) is 0 Å². The van der Waals surface area contributed by atoms with Crippen LogP contribution in [0.25, 0.3) is 6.08 Å². The Morgan fingerprint density at radius 1 is 1.25 bits per heavy atom. The molecule has 0 N–H and O–H groups in total. The van der Waals surface area contributed by atoms with Gasteiger partial charge in [0.2, 0.25) is 0 Å². The number of methoxy groups -OCH3 is 2. The molecule has 0 unspecified atom stereocenters. The molecule has 0 saturated carbocycles. The fraction of sp³-hybridized carbons (Fsp3) is 0.389. The Balaban J connectivity index is 2.28. The number of carbonyl (C=O) groups is 3. The lowest BCUT2D eigenvalue weighted by atomic mass is 10.2. The molecule has 152 valence electrons. The lowest BCUT2D eigenvalue weighted by Crippen LogP contribution is -2.31. The zero-order chi connectivity index (χ0) is 20.7. The number of imide groups is 1. The van der Waals surface area contributed by atoms with E-state index in [1.807, 2.05) is 6.92 Å². The molecule has 0 atom stereocenters. The fourth-order valence-electron chi connectivity index (χ4n) is 2.29. The number of amides is 2. The van der Waals surface area contributed by atoms with Crippen LogP contribution in [0.4, 0.5) is 4.79 Å². The van der Waals surface area contributed by atoms with Gasteiger partial charge in [-0.15, -0.1) is 0 Å². The lowest BCUT2D eigenvalue weighted by Gasteiger charge is -2.14. The van der Waals surface area contributed by atoms with Crippen LogP contribution in [0.15, 0.2) is 17.0 Å². The van der Waals surface area contributed by atoms with E-state index in [0.29, 0.717) is 32.1 Å². The van der Waals surface area contributed by atoms with Crippen LogP contribution in [0.1, 0.15) is 12.5 Å². The van der Waals surface area contributed by atoms with Crippen molar-refractivity contribution in [3.63, 3.8) is 0 Å². The van der Waals surface area contributed by atoms with Crippen molar-refractivity contribution >= 4 is 57.5 Å². The van der Waals surface area contributed by atoms with E-state index in [1.54, 1.807) is 18.2 Å². The predicted molar refractivity (Wildman–Crippen MR) is 112 cm³/mol. The zero-order valence-electron chi connectivity index (χ0n) is 15.7. The second-order valence-corrected chi connectivity index (χ2v) is 7.61. The van der Waals surface area contributed by atoms with E-state index in [1.165, 1.54) is 14.2 Å². The van der Waals surface area contributed by atoms with Gasteiger partial charge in [-0.05, 0) is 65.0 Å². The second-order valence-electron chi connectivity index (χ2n) is 5.45. The molecule has 1 aromatic carbocycles. The molecule has 1 heterocycles. The van der Waals surface area contributed by atoms with E-state index in [2.05, 4.69) is 27.3 Å². The minimum absolute atomic E-state index is 0.209. The van der Waals surface area contributed by atoms with E-state index < -0.39 is 5.97 Å². The smallest absolute Gasteiger partial charge is 0.343 e. The number of thioether (sulfide) groups is 1. The van der Waals surface area contributed by atoms with E-state index in [0.717, 1.165) is 16.7 Å². The topological polar surface area (TPSA) is 91.4 Å². The highest BCUT2D eigenvalue weighted by Gasteiger charge is 2.34. The molecule has 0 aliphatic carbocycles. The molecule has 1 saturated heterocycles. The van der Waals surface area contributed by atoms with Crippen LogP contribution < -0.4 is 9.47 Å². The van der Waals surface area contributed by atoms with E-state index >= 15 is 0 Å². The molecular formula is C18H20INO7S. The largest absolute Gasteiger partial charge is 0.490 e. The molecule has 2 amide bonds. The number of halogens is 1. The van der Waals surface area contributed by atoms with Crippen LogP contribution in [0, 0.1) is 3.57 Å². The third-order valence-electron chi connectivity index (χ3n) is 3.58. The average molecular weight is 521 g/mol. The first kappa shape index (κ1) is 22.5. The summed E-state index contributed by atoms with van der Waals surface area (Å²) in [7, 11) is 2.79. The number of carbonyl (C=O) groups excluding carboxylic acids is 3. The van der Waals surface area contributed by atoms with Crippen molar-refractivity contribution in [3.8, 4) is 11.5 Å². The van der Waals surface area contributed by atoms with Crippen molar-refractivity contribution in [2.24, 2.45) is 0 Å². The molecule has 1 fully saturated rings. The van der Waals surface area contributed by atoms with Crippen LogP contribution in [0.3, 0.4) is 0 Å². The molecule has 1 aromatic rings. The Kier molecular flexibility index (Phi) is 8.58. The van der Waals surface area contributed by atoms with Gasteiger partial charge in [0.15, 0.2) is 18.1 Å². The van der Waals surface area contributed by atoms with Gasteiger partial charge in [-0.25, -0.2) is 4.79 Å². The molecule has 1 aliphatic heterocycles. The summed E-state index contributed by atoms with van der Waals surface area (Å²) < 4.78 is 21.3. The number of ether oxygens (including phenoxy) is 4. The molecule has 0 aromatic heterocycles. The summed E-state index contributed by atoms with van der Waals surface area (Å²) in [6.45, 7) is 2.46. The third-order valence-corrected chi connectivity index (χ3v) is 5.29. The van der Waals surface area contributed by atoms with Gasteiger partial charge in [-0.3, -0.25) is 14.5 Å². The summed E-state index contributed by atoms with van der Waals surface area (Å²) in [5.74, 6) is -0.0144. The Labute approximate surface area is 180 Å². The van der Waals surface area contributed by atoms with Crippen molar-refractivity contribution in [3.05, 3.63) is 26.2 Å². The lowest BCUT2D eigenvalue weighted by molar-refractivity contribution is -0.143. The van der Waals surface area contributed by atoms with Gasteiger partial charge < -0.3 is 18.9 Å². The number of rotatable bonds is 9. The van der Waals surface area contributed by atoms with Crippen LogP contribution in [-0.4, -0.2) is 62.6 Å². The fourth-order valence-corrected chi connectivity index (χ4v) is 3.94. The molecule has 10 heteroatoms. The highest BCUT2D eigenvalue weighted by molar-refractivity contribution is 14.1. The summed E-state index contributed by atoms with van der Waals surface area (Å²) in [4.78, 5) is 37.3. The molecule has 8 nitrogen and oxygen atoms in total. The highest BCUT2D eigenvalue weighted by atomic mass is 127. The number of esters is 1. The molecule has 0 bridgehead atoms. The molecule has 0 spiro atoms. The zero-order valence-corrected chi connectivity index (χ0v) is 18.6. The van der Waals surface area contributed by atoms with Crippen molar-refractivity contribution in [1.29, 1.82) is 0 Å². The summed E-state index contributed by atoms with van der Waals surface area (Å²) in [5, 5.41) is -0.328. The molecular weight excluding hydrogens is 501 g/mol. The standard InChI is InChI=1S/C18H20INO7S/c1-4-26-13-8-11(7-12(19)16(13)27-10-15(21)25-3)9-14-17(22)20(5-6-24-2)18(23)28-14/h7-9H,4-6,10H2,1-3H3/b14-9+. The van der Waals surface area contributed by atoms with Gasteiger partial charge in [-0.1, -0.05) is 0 Å². The van der Waals surface area contributed by atoms with E-state index in [9.17, 15) is 14.4 Å². The van der Waals surface area contributed by atoms with Crippen LogP contribution in [0.2, 0.25) is 0 Å². The first-order chi connectivity index (χ1) is 13.4. The summed E-state index contributed by atoms with van der Waals surface area (Å²) in [6.07, 6.45) is 1.63. The van der Waals surface area contributed by atoms with E-state index in [-0.39, 0.29) is 30.9 Å². The quantitative estimate of drug-likeness (QED) is 0.279. The maximum absolute atomic E-state index is 12.5. The molecule has 1 aliphatic rings. The van der Waals surface area contributed by atoms with Crippen LogP contribution in [-0.2, 0) is 19.1 Å². The van der Waals surface area contributed by atoms with Crippen molar-refractivity contribution in [2.75, 3.05) is 40.6 Å². The first-order valence-corrected chi connectivity index (χ1v) is 10.2. The normalized spacial score (nSPS) is 15.3. The monoisotopic (exact) mass is 521 g/mol. The number of nitrogens with zero attached hydrogens (tertiary/aromatic N) is 1. The predicted octanol–water partition coefficient (Wildman–Crippen LogP) is 2.92.